The van der Waals surface area contributed by atoms with Crippen molar-refractivity contribution < 1.29 is 5.11 Å². The van der Waals surface area contributed by atoms with Crippen molar-refractivity contribution in [2.45, 2.75) is 44.8 Å². The molecule has 0 amide bonds. The Labute approximate surface area is 180 Å². The molecule has 0 aliphatic heterocycles. The molecule has 2 aromatic heterocycles. The van der Waals surface area contributed by atoms with Gasteiger partial charge in [-0.2, -0.15) is 0 Å². The topological polar surface area (TPSA) is 85.8 Å². The molecule has 7 heteroatoms. The standard InChI is InChI=1S/C24H25N5O2/c1-15-10-20-19(24(31)29(14-25-20)22-4-3-5-23(22)30)12-18(15)11-16-6-8-17(9-7-16)21-13-28(2)27-26-21/h6-10,12-14,22-23,30H,3-5,11H2,1-2H3/t22-,23-/m1/s1. The summed E-state index contributed by atoms with van der Waals surface area (Å²) in [7, 11) is 1.85. The summed E-state index contributed by atoms with van der Waals surface area (Å²) < 4.78 is 3.31. The van der Waals surface area contributed by atoms with Gasteiger partial charge in [0.25, 0.3) is 5.56 Å². The molecule has 1 N–H and O–H groups in total. The summed E-state index contributed by atoms with van der Waals surface area (Å²) in [6.45, 7) is 2.05. The van der Waals surface area contributed by atoms with Crippen molar-refractivity contribution in [3.63, 3.8) is 0 Å². The van der Waals surface area contributed by atoms with E-state index in [2.05, 4.69) is 34.4 Å². The minimum Gasteiger partial charge on any atom is -0.391 e. The van der Waals surface area contributed by atoms with Gasteiger partial charge >= 0.3 is 0 Å². The van der Waals surface area contributed by atoms with E-state index < -0.39 is 6.10 Å². The quantitative estimate of drug-likeness (QED) is 0.553. The molecule has 1 aliphatic carbocycles. The van der Waals surface area contributed by atoms with Gasteiger partial charge in [0, 0.05) is 12.6 Å². The summed E-state index contributed by atoms with van der Waals surface area (Å²) in [6, 6.07) is 12.0. The van der Waals surface area contributed by atoms with Gasteiger partial charge < -0.3 is 5.11 Å². The molecule has 1 aliphatic rings. The van der Waals surface area contributed by atoms with Crippen molar-refractivity contribution in [1.29, 1.82) is 0 Å². The highest BCUT2D eigenvalue weighted by Gasteiger charge is 2.28. The average Bonchev–Trinajstić information content (AvgIpc) is 3.38. The summed E-state index contributed by atoms with van der Waals surface area (Å²) >= 11 is 0. The maximum absolute atomic E-state index is 13.2. The molecule has 2 heterocycles. The van der Waals surface area contributed by atoms with E-state index in [1.807, 2.05) is 37.5 Å². The van der Waals surface area contributed by atoms with Crippen molar-refractivity contribution in [3.05, 3.63) is 76.0 Å². The van der Waals surface area contributed by atoms with Crippen LogP contribution in [0.5, 0.6) is 0 Å². The molecule has 158 valence electrons. The largest absolute Gasteiger partial charge is 0.391 e. The molecular formula is C24H25N5O2. The Balaban J connectivity index is 1.47. The Morgan fingerprint density at radius 2 is 1.97 bits per heavy atom. The maximum atomic E-state index is 13.2. The molecule has 1 fully saturated rings. The Morgan fingerprint density at radius 3 is 2.65 bits per heavy atom. The van der Waals surface area contributed by atoms with Gasteiger partial charge in [0.2, 0.25) is 0 Å². The molecule has 0 spiro atoms. The normalized spacial score (nSPS) is 18.7. The van der Waals surface area contributed by atoms with E-state index in [1.165, 1.54) is 0 Å². The first-order valence-electron chi connectivity index (χ1n) is 10.6. The van der Waals surface area contributed by atoms with E-state index in [4.69, 9.17) is 0 Å². The average molecular weight is 415 g/mol. The zero-order valence-electron chi connectivity index (χ0n) is 17.7. The summed E-state index contributed by atoms with van der Waals surface area (Å²) in [6.07, 6.45) is 6.21. The fourth-order valence-corrected chi connectivity index (χ4v) is 4.50. The number of hydrogen-bond acceptors (Lipinski definition) is 5. The van der Waals surface area contributed by atoms with Crippen molar-refractivity contribution in [2.24, 2.45) is 7.05 Å². The first kappa shape index (κ1) is 19.6. The molecule has 7 nitrogen and oxygen atoms in total. The van der Waals surface area contributed by atoms with E-state index in [0.717, 1.165) is 53.6 Å². The van der Waals surface area contributed by atoms with E-state index in [-0.39, 0.29) is 11.6 Å². The third kappa shape index (κ3) is 3.65. The van der Waals surface area contributed by atoms with Crippen LogP contribution in [0.4, 0.5) is 0 Å². The maximum Gasteiger partial charge on any atom is 0.261 e. The Morgan fingerprint density at radius 1 is 1.16 bits per heavy atom. The van der Waals surface area contributed by atoms with Crippen LogP contribution in [0.25, 0.3) is 22.2 Å². The van der Waals surface area contributed by atoms with Crippen LogP contribution in [0.15, 0.2) is 53.7 Å². The van der Waals surface area contributed by atoms with Gasteiger partial charge in [-0.25, -0.2) is 4.98 Å². The highest BCUT2D eigenvalue weighted by atomic mass is 16.3. The van der Waals surface area contributed by atoms with Gasteiger partial charge in [-0.1, -0.05) is 29.5 Å². The fourth-order valence-electron chi connectivity index (χ4n) is 4.50. The van der Waals surface area contributed by atoms with E-state index in [0.29, 0.717) is 10.9 Å². The van der Waals surface area contributed by atoms with Crippen LogP contribution in [0, 0.1) is 6.92 Å². The van der Waals surface area contributed by atoms with Crippen molar-refractivity contribution in [1.82, 2.24) is 24.5 Å². The second kappa shape index (κ2) is 7.74. The van der Waals surface area contributed by atoms with Crippen LogP contribution in [-0.2, 0) is 13.5 Å². The Bertz CT molecular complexity index is 1310. The molecule has 0 radical (unpaired) electrons. The lowest BCUT2D eigenvalue weighted by atomic mass is 9.97. The first-order chi connectivity index (χ1) is 15.0. The second-order valence-corrected chi connectivity index (χ2v) is 8.47. The van der Waals surface area contributed by atoms with Crippen LogP contribution in [0.3, 0.4) is 0 Å². The molecule has 0 unspecified atom stereocenters. The van der Waals surface area contributed by atoms with E-state index in [1.54, 1.807) is 15.6 Å². The zero-order valence-corrected chi connectivity index (χ0v) is 17.7. The Kier molecular flexibility index (Phi) is 4.90. The molecule has 5 rings (SSSR count). The SMILES string of the molecule is Cc1cc2ncn([C@@H]3CCC[C@H]3O)c(=O)c2cc1Cc1ccc(-c2cn(C)nn2)cc1. The van der Waals surface area contributed by atoms with Gasteiger partial charge in [-0.3, -0.25) is 14.0 Å². The smallest absolute Gasteiger partial charge is 0.261 e. The minimum atomic E-state index is -0.477. The minimum absolute atomic E-state index is 0.0739. The second-order valence-electron chi connectivity index (χ2n) is 8.47. The molecule has 2 aromatic carbocycles. The van der Waals surface area contributed by atoms with Crippen LogP contribution in [-0.4, -0.2) is 35.8 Å². The van der Waals surface area contributed by atoms with Gasteiger partial charge in [0.15, 0.2) is 0 Å². The Hall–Kier alpha value is -3.32. The number of aryl methyl sites for hydroxylation is 2. The third-order valence-corrected chi connectivity index (χ3v) is 6.29. The molecular weight excluding hydrogens is 390 g/mol. The summed E-state index contributed by atoms with van der Waals surface area (Å²) in [5, 5.41) is 19.0. The number of rotatable bonds is 4. The number of aliphatic hydroxyl groups is 1. The van der Waals surface area contributed by atoms with Crippen LogP contribution in [0.2, 0.25) is 0 Å². The number of aromatic nitrogens is 5. The van der Waals surface area contributed by atoms with Crippen LogP contribution < -0.4 is 5.56 Å². The van der Waals surface area contributed by atoms with Crippen LogP contribution >= 0.6 is 0 Å². The highest BCUT2D eigenvalue weighted by Crippen LogP contribution is 2.29. The molecule has 2 atom stereocenters. The van der Waals surface area contributed by atoms with Crippen molar-refractivity contribution in [2.75, 3.05) is 0 Å². The van der Waals surface area contributed by atoms with Gasteiger partial charge in [-0.15, -0.1) is 5.10 Å². The molecule has 31 heavy (non-hydrogen) atoms. The molecule has 0 saturated heterocycles. The predicted octanol–water partition coefficient (Wildman–Crippen LogP) is 3.18. The van der Waals surface area contributed by atoms with Crippen LogP contribution in [0.1, 0.15) is 42.0 Å². The number of nitrogens with zero attached hydrogens (tertiary/aromatic N) is 5. The van der Waals surface area contributed by atoms with Crippen molar-refractivity contribution >= 4 is 10.9 Å². The zero-order chi connectivity index (χ0) is 21.5. The van der Waals surface area contributed by atoms with E-state index >= 15 is 0 Å². The van der Waals surface area contributed by atoms with E-state index in [9.17, 15) is 9.90 Å². The van der Waals surface area contributed by atoms with Gasteiger partial charge in [0.05, 0.1) is 35.6 Å². The molecule has 1 saturated carbocycles. The third-order valence-electron chi connectivity index (χ3n) is 6.29. The number of fused-ring (bicyclic) bond motifs is 1. The number of aliphatic hydroxyl groups excluding tert-OH is 1. The lowest BCUT2D eigenvalue weighted by molar-refractivity contribution is 0.134. The van der Waals surface area contributed by atoms with Crippen molar-refractivity contribution in [3.8, 4) is 11.3 Å². The number of benzene rings is 2. The lowest BCUT2D eigenvalue weighted by Gasteiger charge is -2.18. The fraction of sp³-hybridized carbons (Fsp3) is 0.333. The lowest BCUT2D eigenvalue weighted by Crippen LogP contribution is -2.29. The van der Waals surface area contributed by atoms with Gasteiger partial charge in [-0.05, 0) is 61.4 Å². The molecule has 0 bridgehead atoms. The van der Waals surface area contributed by atoms with Gasteiger partial charge in [0.1, 0.15) is 5.69 Å². The first-order valence-corrected chi connectivity index (χ1v) is 10.6. The summed E-state index contributed by atoms with van der Waals surface area (Å²) in [4.78, 5) is 17.7. The molecule has 4 aromatic rings. The summed E-state index contributed by atoms with van der Waals surface area (Å²) in [5.74, 6) is 0. The monoisotopic (exact) mass is 415 g/mol. The summed E-state index contributed by atoms with van der Waals surface area (Å²) in [5.41, 5.74) is 5.86. The highest BCUT2D eigenvalue weighted by molar-refractivity contribution is 5.79. The predicted molar refractivity (Wildman–Crippen MR) is 119 cm³/mol. The number of hydrogen-bond donors (Lipinski definition) is 1.